The molecule has 3 nitrogen and oxygen atoms in total. The van der Waals surface area contributed by atoms with Crippen LogP contribution in [0.3, 0.4) is 0 Å². The summed E-state index contributed by atoms with van der Waals surface area (Å²) in [6.45, 7) is 2.62. The standard InChI is InChI=1S/C15H20N2O/c18-15(13-8-9-16-10-13)17(14-6-7-14)11-12-4-2-1-3-5-12/h1-5,13-14,16H,6-11H2. The lowest BCUT2D eigenvalue weighted by molar-refractivity contribution is -0.136. The number of benzene rings is 1. The lowest BCUT2D eigenvalue weighted by Gasteiger charge is -2.25. The van der Waals surface area contributed by atoms with Gasteiger partial charge in [-0.25, -0.2) is 0 Å². The van der Waals surface area contributed by atoms with Crippen LogP contribution in [0.5, 0.6) is 0 Å². The molecule has 2 aliphatic rings. The first-order valence-electron chi connectivity index (χ1n) is 6.90. The molecule has 96 valence electrons. The monoisotopic (exact) mass is 244 g/mol. The van der Waals surface area contributed by atoms with E-state index >= 15 is 0 Å². The van der Waals surface area contributed by atoms with E-state index in [4.69, 9.17) is 0 Å². The van der Waals surface area contributed by atoms with Gasteiger partial charge in [0.25, 0.3) is 0 Å². The molecule has 3 heteroatoms. The SMILES string of the molecule is O=C(C1CCNC1)N(Cc1ccccc1)C1CC1. The van der Waals surface area contributed by atoms with Gasteiger partial charge in [0.2, 0.25) is 5.91 Å². The third-order valence-corrected chi connectivity index (χ3v) is 3.88. The van der Waals surface area contributed by atoms with Gasteiger partial charge in [0.1, 0.15) is 0 Å². The molecule has 0 aromatic heterocycles. The van der Waals surface area contributed by atoms with E-state index < -0.39 is 0 Å². The van der Waals surface area contributed by atoms with Gasteiger partial charge in [-0.05, 0) is 31.4 Å². The van der Waals surface area contributed by atoms with Crippen LogP contribution in [0.1, 0.15) is 24.8 Å². The predicted molar refractivity (Wildman–Crippen MR) is 71.0 cm³/mol. The van der Waals surface area contributed by atoms with Gasteiger partial charge in [0.05, 0.1) is 5.92 Å². The highest BCUT2D eigenvalue weighted by molar-refractivity contribution is 5.80. The van der Waals surface area contributed by atoms with E-state index in [0.717, 1.165) is 26.1 Å². The summed E-state index contributed by atoms with van der Waals surface area (Å²) < 4.78 is 0. The second-order valence-corrected chi connectivity index (χ2v) is 5.37. The van der Waals surface area contributed by atoms with Crippen molar-refractivity contribution < 1.29 is 4.79 Å². The maximum absolute atomic E-state index is 12.5. The number of carbonyl (C=O) groups is 1. The number of amides is 1. The fourth-order valence-electron chi connectivity index (χ4n) is 2.65. The van der Waals surface area contributed by atoms with Gasteiger partial charge in [0, 0.05) is 19.1 Å². The van der Waals surface area contributed by atoms with Crippen LogP contribution in [-0.2, 0) is 11.3 Å². The van der Waals surface area contributed by atoms with E-state index in [1.54, 1.807) is 0 Å². The van der Waals surface area contributed by atoms with Crippen molar-refractivity contribution >= 4 is 5.91 Å². The Morgan fingerprint density at radius 1 is 1.22 bits per heavy atom. The Morgan fingerprint density at radius 2 is 2.00 bits per heavy atom. The lowest BCUT2D eigenvalue weighted by atomic mass is 10.1. The van der Waals surface area contributed by atoms with E-state index in [0.29, 0.717) is 11.9 Å². The molecule has 1 aromatic carbocycles. The molecule has 1 aromatic rings. The number of rotatable bonds is 4. The number of nitrogens with zero attached hydrogens (tertiary/aromatic N) is 1. The quantitative estimate of drug-likeness (QED) is 0.875. The van der Waals surface area contributed by atoms with E-state index in [-0.39, 0.29) is 5.92 Å². The Balaban J connectivity index is 1.70. The molecule has 1 aliphatic carbocycles. The van der Waals surface area contributed by atoms with Crippen LogP contribution >= 0.6 is 0 Å². The Hall–Kier alpha value is -1.35. The lowest BCUT2D eigenvalue weighted by Crippen LogP contribution is -2.38. The fourth-order valence-corrected chi connectivity index (χ4v) is 2.65. The Labute approximate surface area is 108 Å². The number of carbonyl (C=O) groups excluding carboxylic acids is 1. The number of hydrogen-bond acceptors (Lipinski definition) is 2. The second-order valence-electron chi connectivity index (χ2n) is 5.37. The highest BCUT2D eigenvalue weighted by Crippen LogP contribution is 2.30. The third-order valence-electron chi connectivity index (χ3n) is 3.88. The van der Waals surface area contributed by atoms with Crippen LogP contribution in [-0.4, -0.2) is 29.9 Å². The Kier molecular flexibility index (Phi) is 3.33. The minimum atomic E-state index is 0.203. The van der Waals surface area contributed by atoms with Crippen LogP contribution in [0, 0.1) is 5.92 Å². The van der Waals surface area contributed by atoms with Crippen molar-refractivity contribution in [3.8, 4) is 0 Å². The molecule has 18 heavy (non-hydrogen) atoms. The summed E-state index contributed by atoms with van der Waals surface area (Å²) in [6, 6.07) is 10.8. The van der Waals surface area contributed by atoms with E-state index in [2.05, 4.69) is 22.3 Å². The largest absolute Gasteiger partial charge is 0.335 e. The van der Waals surface area contributed by atoms with Crippen molar-refractivity contribution in [2.45, 2.75) is 31.8 Å². The number of hydrogen-bond donors (Lipinski definition) is 1. The zero-order valence-electron chi connectivity index (χ0n) is 10.6. The topological polar surface area (TPSA) is 32.3 Å². The van der Waals surface area contributed by atoms with Crippen molar-refractivity contribution in [2.24, 2.45) is 5.92 Å². The summed E-state index contributed by atoms with van der Waals surface area (Å²) in [5.41, 5.74) is 1.24. The van der Waals surface area contributed by atoms with Gasteiger partial charge in [-0.15, -0.1) is 0 Å². The van der Waals surface area contributed by atoms with Gasteiger partial charge in [-0.2, -0.15) is 0 Å². The predicted octanol–water partition coefficient (Wildman–Crippen LogP) is 1.79. The molecule has 1 unspecified atom stereocenters. The van der Waals surface area contributed by atoms with Crippen LogP contribution < -0.4 is 5.32 Å². The van der Waals surface area contributed by atoms with Gasteiger partial charge in [-0.1, -0.05) is 30.3 Å². The Morgan fingerprint density at radius 3 is 2.61 bits per heavy atom. The first-order chi connectivity index (χ1) is 8.84. The molecular weight excluding hydrogens is 224 g/mol. The van der Waals surface area contributed by atoms with Gasteiger partial charge < -0.3 is 10.2 Å². The molecule has 0 spiro atoms. The zero-order valence-corrected chi connectivity index (χ0v) is 10.6. The van der Waals surface area contributed by atoms with Crippen molar-refractivity contribution in [2.75, 3.05) is 13.1 Å². The first-order valence-corrected chi connectivity index (χ1v) is 6.90. The molecule has 1 aliphatic heterocycles. The molecule has 1 N–H and O–H groups in total. The fraction of sp³-hybridized carbons (Fsp3) is 0.533. The molecule has 0 radical (unpaired) electrons. The van der Waals surface area contributed by atoms with E-state index in [9.17, 15) is 4.79 Å². The van der Waals surface area contributed by atoms with Crippen molar-refractivity contribution in [3.05, 3.63) is 35.9 Å². The molecular formula is C15H20N2O. The molecule has 1 saturated carbocycles. The van der Waals surface area contributed by atoms with Crippen LogP contribution in [0.25, 0.3) is 0 Å². The summed E-state index contributed by atoms with van der Waals surface area (Å²) in [6.07, 6.45) is 3.36. The molecule has 3 rings (SSSR count). The summed E-state index contributed by atoms with van der Waals surface area (Å²) in [4.78, 5) is 14.6. The third kappa shape index (κ3) is 2.56. The average Bonchev–Trinajstić information content (AvgIpc) is 3.10. The highest BCUT2D eigenvalue weighted by atomic mass is 16.2. The van der Waals surface area contributed by atoms with Crippen molar-refractivity contribution in [3.63, 3.8) is 0 Å². The van der Waals surface area contributed by atoms with Crippen LogP contribution in [0.4, 0.5) is 0 Å². The number of nitrogens with one attached hydrogen (secondary N) is 1. The summed E-state index contributed by atoms with van der Waals surface area (Å²) >= 11 is 0. The summed E-state index contributed by atoms with van der Waals surface area (Å²) in [5.74, 6) is 0.556. The van der Waals surface area contributed by atoms with Crippen LogP contribution in [0.2, 0.25) is 0 Å². The molecule has 0 bridgehead atoms. The van der Waals surface area contributed by atoms with Gasteiger partial charge in [-0.3, -0.25) is 4.79 Å². The maximum atomic E-state index is 12.5. The minimum Gasteiger partial charge on any atom is -0.335 e. The van der Waals surface area contributed by atoms with Crippen LogP contribution in [0.15, 0.2) is 30.3 Å². The first kappa shape index (κ1) is 11.7. The molecule has 2 fully saturated rings. The molecule has 1 heterocycles. The smallest absolute Gasteiger partial charge is 0.227 e. The molecule has 1 saturated heterocycles. The minimum absolute atomic E-state index is 0.203. The van der Waals surface area contributed by atoms with Crippen molar-refractivity contribution in [1.82, 2.24) is 10.2 Å². The second kappa shape index (κ2) is 5.11. The molecule has 1 atom stereocenters. The summed E-state index contributed by atoms with van der Waals surface area (Å²) in [5, 5.41) is 3.28. The van der Waals surface area contributed by atoms with Gasteiger partial charge in [0.15, 0.2) is 0 Å². The maximum Gasteiger partial charge on any atom is 0.227 e. The van der Waals surface area contributed by atoms with E-state index in [1.165, 1.54) is 18.4 Å². The normalized spacial score (nSPS) is 23.0. The summed E-state index contributed by atoms with van der Waals surface area (Å²) in [7, 11) is 0. The molecule has 1 amide bonds. The van der Waals surface area contributed by atoms with Crippen molar-refractivity contribution in [1.29, 1.82) is 0 Å². The van der Waals surface area contributed by atoms with E-state index in [1.807, 2.05) is 18.2 Å². The highest BCUT2D eigenvalue weighted by Gasteiger charge is 2.36. The zero-order chi connectivity index (χ0) is 12.4. The Bertz CT molecular complexity index is 408. The average molecular weight is 244 g/mol. The van der Waals surface area contributed by atoms with Gasteiger partial charge >= 0.3 is 0 Å².